The Morgan fingerprint density at radius 3 is 2.70 bits per heavy atom. The fraction of sp³-hybridized carbons (Fsp3) is 0.562. The molecule has 0 bridgehead atoms. The second kappa shape index (κ2) is 7.37. The lowest BCUT2D eigenvalue weighted by Gasteiger charge is -2.24. The zero-order valence-electron chi connectivity index (χ0n) is 12.1. The number of benzene rings is 1. The Hall–Kier alpha value is -0.670. The summed E-state index contributed by atoms with van der Waals surface area (Å²) in [4.78, 5) is 15.6. The highest BCUT2D eigenvalue weighted by molar-refractivity contribution is 8.00. The topological polar surface area (TPSA) is 20.3 Å². The highest BCUT2D eigenvalue weighted by Crippen LogP contribution is 2.27. The van der Waals surface area contributed by atoms with Gasteiger partial charge in [-0.25, -0.2) is 0 Å². The van der Waals surface area contributed by atoms with Crippen molar-refractivity contribution in [2.24, 2.45) is 5.92 Å². The number of nitrogens with zero attached hydrogens (tertiary/aromatic N) is 1. The Morgan fingerprint density at radius 2 is 2.00 bits per heavy atom. The molecule has 0 aromatic heterocycles. The third-order valence-electron chi connectivity index (χ3n) is 3.80. The van der Waals surface area contributed by atoms with E-state index in [1.807, 2.05) is 36.1 Å². The van der Waals surface area contributed by atoms with Crippen LogP contribution in [0, 0.1) is 5.92 Å². The van der Waals surface area contributed by atoms with Gasteiger partial charge in [0.05, 0.1) is 5.25 Å². The molecule has 0 N–H and O–H groups in total. The number of carbonyl (C=O) groups is 1. The molecule has 1 saturated heterocycles. The number of halogens is 1. The molecule has 0 radical (unpaired) electrons. The van der Waals surface area contributed by atoms with Crippen molar-refractivity contribution in [2.75, 3.05) is 13.1 Å². The van der Waals surface area contributed by atoms with Gasteiger partial charge >= 0.3 is 0 Å². The molecule has 0 spiro atoms. The molecule has 1 aliphatic rings. The van der Waals surface area contributed by atoms with E-state index >= 15 is 0 Å². The summed E-state index contributed by atoms with van der Waals surface area (Å²) in [7, 11) is 0. The van der Waals surface area contributed by atoms with Crippen LogP contribution in [0.5, 0.6) is 0 Å². The Bertz CT molecular complexity index is 448. The molecule has 1 heterocycles. The molecule has 1 aromatic carbocycles. The maximum Gasteiger partial charge on any atom is 0.235 e. The minimum absolute atomic E-state index is 0.0374. The quantitative estimate of drug-likeness (QED) is 0.768. The molecule has 0 saturated carbocycles. The van der Waals surface area contributed by atoms with Gasteiger partial charge in [-0.15, -0.1) is 11.8 Å². The summed E-state index contributed by atoms with van der Waals surface area (Å²) >= 11 is 7.49. The van der Waals surface area contributed by atoms with Crippen molar-refractivity contribution in [1.29, 1.82) is 0 Å². The van der Waals surface area contributed by atoms with Crippen LogP contribution in [0.15, 0.2) is 29.2 Å². The van der Waals surface area contributed by atoms with Gasteiger partial charge in [0.15, 0.2) is 0 Å². The third-order valence-corrected chi connectivity index (χ3v) is 5.15. The van der Waals surface area contributed by atoms with Crippen molar-refractivity contribution >= 4 is 29.3 Å². The Kier molecular flexibility index (Phi) is 5.79. The molecule has 0 aliphatic carbocycles. The first kappa shape index (κ1) is 15.7. The van der Waals surface area contributed by atoms with Gasteiger partial charge in [0.2, 0.25) is 5.91 Å². The van der Waals surface area contributed by atoms with Gasteiger partial charge < -0.3 is 4.90 Å². The van der Waals surface area contributed by atoms with E-state index in [0.29, 0.717) is 0 Å². The second-order valence-corrected chi connectivity index (χ2v) is 7.43. The van der Waals surface area contributed by atoms with Gasteiger partial charge in [-0.3, -0.25) is 4.79 Å². The number of rotatable bonds is 3. The van der Waals surface area contributed by atoms with E-state index in [1.54, 1.807) is 11.8 Å². The van der Waals surface area contributed by atoms with Crippen LogP contribution in [0.2, 0.25) is 5.02 Å². The lowest BCUT2D eigenvalue weighted by molar-refractivity contribution is -0.130. The van der Waals surface area contributed by atoms with Crippen LogP contribution in [0.25, 0.3) is 0 Å². The van der Waals surface area contributed by atoms with Crippen LogP contribution in [-0.4, -0.2) is 29.1 Å². The molecular weight excluding hydrogens is 290 g/mol. The second-order valence-electron chi connectivity index (χ2n) is 5.58. The Balaban J connectivity index is 1.92. The van der Waals surface area contributed by atoms with Crippen LogP contribution in [0.1, 0.15) is 33.1 Å². The van der Waals surface area contributed by atoms with Crippen molar-refractivity contribution in [1.82, 2.24) is 4.90 Å². The predicted octanol–water partition coefficient (Wildman–Crippen LogP) is 4.47. The smallest absolute Gasteiger partial charge is 0.235 e. The van der Waals surface area contributed by atoms with E-state index in [0.717, 1.165) is 41.8 Å². The first-order valence-electron chi connectivity index (χ1n) is 7.27. The van der Waals surface area contributed by atoms with Gasteiger partial charge in [-0.2, -0.15) is 0 Å². The molecule has 110 valence electrons. The van der Waals surface area contributed by atoms with E-state index < -0.39 is 0 Å². The number of likely N-dealkylation sites (tertiary alicyclic amines) is 1. The number of amides is 1. The van der Waals surface area contributed by atoms with Crippen molar-refractivity contribution in [3.05, 3.63) is 29.3 Å². The molecule has 1 amide bonds. The van der Waals surface area contributed by atoms with Gasteiger partial charge in [0, 0.05) is 23.0 Å². The first-order valence-corrected chi connectivity index (χ1v) is 8.53. The van der Waals surface area contributed by atoms with Gasteiger partial charge in [-0.05, 0) is 56.4 Å². The third kappa shape index (κ3) is 4.42. The summed E-state index contributed by atoms with van der Waals surface area (Å²) < 4.78 is 0. The van der Waals surface area contributed by atoms with Crippen LogP contribution in [-0.2, 0) is 4.79 Å². The van der Waals surface area contributed by atoms with Gasteiger partial charge in [0.25, 0.3) is 0 Å². The lowest BCUT2D eigenvalue weighted by atomic mass is 10.0. The fourth-order valence-electron chi connectivity index (χ4n) is 2.51. The summed E-state index contributed by atoms with van der Waals surface area (Å²) in [5, 5.41) is 0.694. The zero-order chi connectivity index (χ0) is 14.5. The maximum absolute atomic E-state index is 12.5. The van der Waals surface area contributed by atoms with Gasteiger partial charge in [0.1, 0.15) is 0 Å². The van der Waals surface area contributed by atoms with Crippen molar-refractivity contribution in [3.8, 4) is 0 Å². The molecule has 2 rings (SSSR count). The van der Waals surface area contributed by atoms with E-state index in [9.17, 15) is 4.79 Å². The normalized spacial score (nSPS) is 21.4. The van der Waals surface area contributed by atoms with Crippen LogP contribution in [0.3, 0.4) is 0 Å². The summed E-state index contributed by atoms with van der Waals surface area (Å²) in [5.41, 5.74) is 0. The minimum Gasteiger partial charge on any atom is -0.342 e. The zero-order valence-corrected chi connectivity index (χ0v) is 13.7. The summed E-state index contributed by atoms with van der Waals surface area (Å²) in [6.07, 6.45) is 3.50. The molecule has 20 heavy (non-hydrogen) atoms. The fourth-order valence-corrected chi connectivity index (χ4v) is 3.59. The Labute approximate surface area is 130 Å². The average Bonchev–Trinajstić information content (AvgIpc) is 2.65. The lowest BCUT2D eigenvalue weighted by Crippen LogP contribution is -2.37. The minimum atomic E-state index is -0.0374. The molecule has 2 unspecified atom stereocenters. The van der Waals surface area contributed by atoms with Crippen molar-refractivity contribution in [2.45, 2.75) is 43.3 Å². The molecule has 1 fully saturated rings. The summed E-state index contributed by atoms with van der Waals surface area (Å²) in [6.45, 7) is 6.09. The standard InChI is InChI=1S/C16H22ClNOS/c1-12-4-3-10-18(11-9-12)16(19)13(2)20-15-7-5-14(17)6-8-15/h5-8,12-13H,3-4,9-11H2,1-2H3. The summed E-state index contributed by atoms with van der Waals surface area (Å²) in [5.74, 6) is 1.01. The molecule has 1 aliphatic heterocycles. The first-order chi connectivity index (χ1) is 9.56. The maximum atomic E-state index is 12.5. The van der Waals surface area contributed by atoms with Crippen molar-refractivity contribution < 1.29 is 4.79 Å². The highest BCUT2D eigenvalue weighted by atomic mass is 35.5. The highest BCUT2D eigenvalue weighted by Gasteiger charge is 2.23. The van der Waals surface area contributed by atoms with Crippen LogP contribution >= 0.6 is 23.4 Å². The van der Waals surface area contributed by atoms with Crippen LogP contribution in [0.4, 0.5) is 0 Å². The molecule has 1 aromatic rings. The molecular formula is C16H22ClNOS. The SMILES string of the molecule is CC1CCCN(C(=O)C(C)Sc2ccc(Cl)cc2)CC1. The average molecular weight is 312 g/mol. The van der Waals surface area contributed by atoms with E-state index in [2.05, 4.69) is 6.92 Å². The van der Waals surface area contributed by atoms with E-state index in [4.69, 9.17) is 11.6 Å². The van der Waals surface area contributed by atoms with E-state index in [1.165, 1.54) is 6.42 Å². The van der Waals surface area contributed by atoms with Crippen molar-refractivity contribution in [3.63, 3.8) is 0 Å². The molecule has 2 atom stereocenters. The van der Waals surface area contributed by atoms with Crippen LogP contribution < -0.4 is 0 Å². The monoisotopic (exact) mass is 311 g/mol. The Morgan fingerprint density at radius 1 is 1.30 bits per heavy atom. The molecule has 2 nitrogen and oxygen atoms in total. The number of hydrogen-bond donors (Lipinski definition) is 0. The number of hydrogen-bond acceptors (Lipinski definition) is 2. The van der Waals surface area contributed by atoms with E-state index in [-0.39, 0.29) is 11.2 Å². The number of carbonyl (C=O) groups excluding carboxylic acids is 1. The number of thioether (sulfide) groups is 1. The van der Waals surface area contributed by atoms with Gasteiger partial charge in [-0.1, -0.05) is 18.5 Å². The molecule has 4 heteroatoms. The predicted molar refractivity (Wildman–Crippen MR) is 86.4 cm³/mol. The summed E-state index contributed by atoms with van der Waals surface area (Å²) in [6, 6.07) is 7.69. The largest absolute Gasteiger partial charge is 0.342 e.